The van der Waals surface area contributed by atoms with E-state index in [9.17, 15) is 29.4 Å². The third-order valence-electron chi connectivity index (χ3n) is 3.96. The molecule has 0 N–H and O–H groups in total. The largest absolute Gasteiger partial charge is 0.548 e. The second-order valence-electron chi connectivity index (χ2n) is 5.52. The molecule has 1 atom stereocenters. The van der Waals surface area contributed by atoms with Crippen LogP contribution in [0.2, 0.25) is 0 Å². The zero-order chi connectivity index (χ0) is 19.2. The topological polar surface area (TPSA) is 121 Å². The van der Waals surface area contributed by atoms with Gasteiger partial charge in [0.2, 0.25) is 0 Å². The number of thioether (sulfide) groups is 1. The second kappa shape index (κ2) is 6.54. The maximum Gasteiger partial charge on any atom is 0.267 e. The van der Waals surface area contributed by atoms with Crippen molar-refractivity contribution in [2.45, 2.75) is 13.0 Å². The Morgan fingerprint density at radius 1 is 1.19 bits per heavy atom. The van der Waals surface area contributed by atoms with E-state index in [4.69, 9.17) is 12.2 Å². The van der Waals surface area contributed by atoms with Gasteiger partial charge >= 0.3 is 0 Å². The van der Waals surface area contributed by atoms with E-state index in [1.165, 1.54) is 6.92 Å². The number of nitrogens with zero attached hydrogens (tertiary/aromatic N) is 2. The van der Waals surface area contributed by atoms with E-state index in [0.717, 1.165) is 21.6 Å². The second-order valence-corrected chi connectivity index (χ2v) is 7.17. The first-order chi connectivity index (χ1) is 12.2. The number of carboxylic acids is 2. The summed E-state index contributed by atoms with van der Waals surface area (Å²) in [6.45, 7) is 0.579. The SMILES string of the molecule is C[C@@H](C(=O)[O-])N1C(=O)/C(=C2\C(=O)N(CC(=O)[O-])c3ccccc32)SC1=S. The Morgan fingerprint density at radius 2 is 1.85 bits per heavy atom. The number of benzene rings is 1. The number of rotatable bonds is 4. The highest BCUT2D eigenvalue weighted by Gasteiger charge is 2.43. The summed E-state index contributed by atoms with van der Waals surface area (Å²) in [5.41, 5.74) is 0.697. The molecule has 0 saturated carbocycles. The molecule has 1 aromatic rings. The van der Waals surface area contributed by atoms with Crippen LogP contribution in [0.15, 0.2) is 29.2 Å². The number of para-hydroxylation sites is 1. The zero-order valence-corrected chi connectivity index (χ0v) is 14.9. The summed E-state index contributed by atoms with van der Waals surface area (Å²) < 4.78 is -0.0159. The van der Waals surface area contributed by atoms with Crippen LogP contribution in [0.1, 0.15) is 12.5 Å². The van der Waals surface area contributed by atoms with Crippen LogP contribution in [0.4, 0.5) is 5.69 Å². The molecule has 1 aromatic carbocycles. The van der Waals surface area contributed by atoms with Gasteiger partial charge in [-0.1, -0.05) is 42.2 Å². The number of hydrogen-bond donors (Lipinski definition) is 0. The minimum absolute atomic E-state index is 0.00718. The van der Waals surface area contributed by atoms with Crippen LogP contribution < -0.4 is 15.1 Å². The fourth-order valence-electron chi connectivity index (χ4n) is 2.76. The van der Waals surface area contributed by atoms with E-state index in [0.29, 0.717) is 11.3 Å². The molecule has 0 unspecified atom stereocenters. The molecule has 134 valence electrons. The average molecular weight is 390 g/mol. The van der Waals surface area contributed by atoms with Crippen molar-refractivity contribution in [3.63, 3.8) is 0 Å². The number of amides is 2. The first-order valence-electron chi connectivity index (χ1n) is 7.35. The van der Waals surface area contributed by atoms with E-state index >= 15 is 0 Å². The normalized spacial score (nSPS) is 20.6. The van der Waals surface area contributed by atoms with Gasteiger partial charge in [0.25, 0.3) is 11.8 Å². The molecule has 2 aliphatic rings. The number of thiocarbonyl (C=S) groups is 1. The van der Waals surface area contributed by atoms with Crippen molar-refractivity contribution >= 4 is 63.3 Å². The van der Waals surface area contributed by atoms with Crippen LogP contribution in [0, 0.1) is 0 Å². The molecule has 0 radical (unpaired) electrons. The van der Waals surface area contributed by atoms with Crippen LogP contribution in [0.3, 0.4) is 0 Å². The summed E-state index contributed by atoms with van der Waals surface area (Å²) in [6, 6.07) is 5.09. The van der Waals surface area contributed by atoms with Gasteiger partial charge in [0.05, 0.1) is 40.7 Å². The van der Waals surface area contributed by atoms with Crippen molar-refractivity contribution in [3.8, 4) is 0 Å². The van der Waals surface area contributed by atoms with Crippen molar-refractivity contribution in [1.82, 2.24) is 4.90 Å². The molecule has 1 saturated heterocycles. The van der Waals surface area contributed by atoms with E-state index in [1.54, 1.807) is 24.3 Å². The van der Waals surface area contributed by atoms with Crippen molar-refractivity contribution < 1.29 is 29.4 Å². The number of carboxylic acid groups (broad SMARTS) is 2. The Morgan fingerprint density at radius 3 is 2.46 bits per heavy atom. The van der Waals surface area contributed by atoms with Crippen LogP contribution in [-0.2, 0) is 19.2 Å². The predicted molar refractivity (Wildman–Crippen MR) is 92.2 cm³/mol. The third-order valence-corrected chi connectivity index (χ3v) is 5.37. The van der Waals surface area contributed by atoms with Crippen molar-refractivity contribution in [2.24, 2.45) is 0 Å². The van der Waals surface area contributed by atoms with Gasteiger partial charge in [0.1, 0.15) is 4.32 Å². The lowest BCUT2D eigenvalue weighted by molar-refractivity contribution is -0.309. The fraction of sp³-hybridized carbons (Fsp3) is 0.188. The summed E-state index contributed by atoms with van der Waals surface area (Å²) >= 11 is 5.87. The van der Waals surface area contributed by atoms with Gasteiger partial charge in [-0.2, -0.15) is 0 Å². The molecule has 26 heavy (non-hydrogen) atoms. The minimum atomic E-state index is -1.48. The average Bonchev–Trinajstić information content (AvgIpc) is 3.01. The van der Waals surface area contributed by atoms with Crippen LogP contribution >= 0.6 is 24.0 Å². The minimum Gasteiger partial charge on any atom is -0.548 e. The highest BCUT2D eigenvalue weighted by atomic mass is 32.2. The highest BCUT2D eigenvalue weighted by molar-refractivity contribution is 8.26. The molecule has 0 spiro atoms. The first-order valence-corrected chi connectivity index (χ1v) is 8.58. The lowest BCUT2D eigenvalue weighted by atomic mass is 10.1. The van der Waals surface area contributed by atoms with Crippen LogP contribution in [-0.4, -0.2) is 45.6 Å². The molecule has 1 fully saturated rings. The molecule has 10 heteroatoms. The summed E-state index contributed by atoms with van der Waals surface area (Å²) in [7, 11) is 0. The lowest BCUT2D eigenvalue weighted by Crippen LogP contribution is -2.48. The van der Waals surface area contributed by atoms with Gasteiger partial charge < -0.3 is 24.7 Å². The molecule has 2 amide bonds. The maximum absolute atomic E-state index is 12.8. The predicted octanol–water partition coefficient (Wildman–Crippen LogP) is -1.51. The number of anilines is 1. The Labute approximate surface area is 157 Å². The Balaban J connectivity index is 2.12. The molecule has 2 heterocycles. The summed E-state index contributed by atoms with van der Waals surface area (Å²) in [6.07, 6.45) is 0. The van der Waals surface area contributed by atoms with E-state index in [-0.39, 0.29) is 14.8 Å². The maximum atomic E-state index is 12.8. The Bertz CT molecular complexity index is 910. The van der Waals surface area contributed by atoms with Crippen LogP contribution in [0.5, 0.6) is 0 Å². The molecular formula is C16H10N2O6S2-2. The van der Waals surface area contributed by atoms with Crippen molar-refractivity contribution in [2.75, 3.05) is 11.4 Å². The van der Waals surface area contributed by atoms with E-state index in [1.807, 2.05) is 0 Å². The first kappa shape index (κ1) is 18.1. The Hall–Kier alpha value is -2.72. The molecule has 0 aliphatic carbocycles. The molecule has 8 nitrogen and oxygen atoms in total. The number of fused-ring (bicyclic) bond motifs is 1. The van der Waals surface area contributed by atoms with Crippen molar-refractivity contribution in [1.29, 1.82) is 0 Å². The van der Waals surface area contributed by atoms with Gasteiger partial charge in [0, 0.05) is 5.56 Å². The highest BCUT2D eigenvalue weighted by Crippen LogP contribution is 2.44. The smallest absolute Gasteiger partial charge is 0.267 e. The quantitative estimate of drug-likeness (QED) is 0.450. The van der Waals surface area contributed by atoms with E-state index < -0.39 is 36.3 Å². The number of carbonyl (C=O) groups is 4. The number of hydrogen-bond acceptors (Lipinski definition) is 8. The number of carbonyl (C=O) groups excluding carboxylic acids is 4. The van der Waals surface area contributed by atoms with Gasteiger partial charge in [-0.05, 0) is 13.0 Å². The summed E-state index contributed by atoms with van der Waals surface area (Å²) in [5, 5.41) is 22.1. The molecular weight excluding hydrogens is 380 g/mol. The monoisotopic (exact) mass is 390 g/mol. The molecule has 0 aromatic heterocycles. The molecule has 0 bridgehead atoms. The van der Waals surface area contributed by atoms with Gasteiger partial charge in [-0.25, -0.2) is 0 Å². The lowest BCUT2D eigenvalue weighted by Gasteiger charge is -2.23. The van der Waals surface area contributed by atoms with Gasteiger partial charge in [0.15, 0.2) is 0 Å². The van der Waals surface area contributed by atoms with Crippen LogP contribution in [0.25, 0.3) is 5.57 Å². The van der Waals surface area contributed by atoms with Gasteiger partial charge in [-0.15, -0.1) is 0 Å². The molecule has 2 aliphatic heterocycles. The Kier molecular flexibility index (Phi) is 4.55. The molecule has 3 rings (SSSR count). The van der Waals surface area contributed by atoms with Crippen molar-refractivity contribution in [3.05, 3.63) is 34.7 Å². The van der Waals surface area contributed by atoms with E-state index in [2.05, 4.69) is 0 Å². The standard InChI is InChI=1S/C16H12N2O6S2/c1-7(15(23)24)18-14(22)12(26-16(18)25)11-8-4-2-3-5-9(8)17(13(11)21)6-10(19)20/h2-5,7H,6H2,1H3,(H,19,20)(H,23,24)/p-2/b12-11+/t7-/m0/s1. The zero-order valence-electron chi connectivity index (χ0n) is 13.3. The third kappa shape index (κ3) is 2.76. The fourth-order valence-corrected chi connectivity index (χ4v) is 4.25. The van der Waals surface area contributed by atoms with Gasteiger partial charge in [-0.3, -0.25) is 14.5 Å². The number of aliphatic carboxylic acids is 2. The summed E-state index contributed by atoms with van der Waals surface area (Å²) in [4.78, 5) is 49.4. The summed E-state index contributed by atoms with van der Waals surface area (Å²) in [5.74, 6) is -4.35.